The normalized spacial score (nSPS) is 25.3. The summed E-state index contributed by atoms with van der Waals surface area (Å²) in [6.45, 7) is 2.09. The Hall–Kier alpha value is -1.22. The van der Waals surface area contributed by atoms with E-state index < -0.39 is 0 Å². The Kier molecular flexibility index (Phi) is 2.06. The second kappa shape index (κ2) is 3.42. The molecule has 0 saturated carbocycles. The second-order valence-corrected chi connectivity index (χ2v) is 4.35. The summed E-state index contributed by atoms with van der Waals surface area (Å²) in [5, 5.41) is 3.32. The quantitative estimate of drug-likeness (QED) is 0.761. The van der Waals surface area contributed by atoms with E-state index in [-0.39, 0.29) is 0 Å². The number of nitrogens with one attached hydrogen (secondary N) is 1. The smallest absolute Gasteiger partial charge is 0.149 e. The highest BCUT2D eigenvalue weighted by molar-refractivity contribution is 5.66. The summed E-state index contributed by atoms with van der Waals surface area (Å²) < 4.78 is 5.87. The first-order valence-corrected chi connectivity index (χ1v) is 5.59. The summed E-state index contributed by atoms with van der Waals surface area (Å²) in [5.41, 5.74) is 1.15. The molecule has 2 aliphatic heterocycles. The average molecular weight is 204 g/mol. The minimum Gasteiger partial charge on any atom is -0.458 e. The lowest BCUT2D eigenvalue weighted by Crippen LogP contribution is -2.16. The topological polar surface area (TPSA) is 28.4 Å². The SMILES string of the molecule is CN1CCC[C@@H]1c1cc2c(o1)C=CCN2. The van der Waals surface area contributed by atoms with Crippen LogP contribution >= 0.6 is 0 Å². The van der Waals surface area contributed by atoms with Gasteiger partial charge in [-0.15, -0.1) is 0 Å². The summed E-state index contributed by atoms with van der Waals surface area (Å²) in [4.78, 5) is 2.37. The van der Waals surface area contributed by atoms with Gasteiger partial charge in [-0.1, -0.05) is 6.08 Å². The molecule has 1 aromatic heterocycles. The standard InChI is InChI=1S/C12H16N2O/c1-14-7-3-4-10(14)12-8-9-11(15-12)5-2-6-13-9/h2,5,8,10,13H,3-4,6-7H2,1H3/t10-/m1/s1. The van der Waals surface area contributed by atoms with Crippen molar-refractivity contribution in [1.82, 2.24) is 4.90 Å². The van der Waals surface area contributed by atoms with Crippen LogP contribution in [0.25, 0.3) is 6.08 Å². The molecule has 1 N–H and O–H groups in total. The van der Waals surface area contributed by atoms with Gasteiger partial charge in [-0.2, -0.15) is 0 Å². The van der Waals surface area contributed by atoms with Crippen LogP contribution in [0, 0.1) is 0 Å². The van der Waals surface area contributed by atoms with Crippen molar-refractivity contribution >= 4 is 11.8 Å². The molecule has 0 aromatic carbocycles. The van der Waals surface area contributed by atoms with Crippen molar-refractivity contribution in [3.05, 3.63) is 23.7 Å². The number of hydrogen-bond donors (Lipinski definition) is 1. The van der Waals surface area contributed by atoms with Gasteiger partial charge in [0.25, 0.3) is 0 Å². The van der Waals surface area contributed by atoms with Gasteiger partial charge in [-0.05, 0) is 32.5 Å². The molecule has 3 heteroatoms. The van der Waals surface area contributed by atoms with E-state index >= 15 is 0 Å². The Bertz CT molecular complexity index is 394. The van der Waals surface area contributed by atoms with Crippen LogP contribution in [-0.2, 0) is 0 Å². The number of furan rings is 1. The number of hydrogen-bond acceptors (Lipinski definition) is 3. The molecule has 0 radical (unpaired) electrons. The highest BCUT2D eigenvalue weighted by atomic mass is 16.3. The van der Waals surface area contributed by atoms with Crippen LogP contribution in [0.1, 0.15) is 30.4 Å². The summed E-state index contributed by atoms with van der Waals surface area (Å²) in [5.74, 6) is 2.09. The van der Waals surface area contributed by atoms with Gasteiger partial charge in [0.05, 0.1) is 11.7 Å². The zero-order valence-corrected chi connectivity index (χ0v) is 8.99. The zero-order valence-electron chi connectivity index (χ0n) is 8.99. The number of fused-ring (bicyclic) bond motifs is 1. The van der Waals surface area contributed by atoms with Crippen LogP contribution in [-0.4, -0.2) is 25.0 Å². The average Bonchev–Trinajstić information content (AvgIpc) is 2.82. The fourth-order valence-corrected chi connectivity index (χ4v) is 2.46. The minimum atomic E-state index is 0.478. The first-order chi connectivity index (χ1) is 7.34. The third-order valence-electron chi connectivity index (χ3n) is 3.31. The lowest BCUT2D eigenvalue weighted by atomic mass is 10.1. The molecule has 0 aliphatic carbocycles. The molecule has 15 heavy (non-hydrogen) atoms. The van der Waals surface area contributed by atoms with E-state index in [9.17, 15) is 0 Å². The van der Waals surface area contributed by atoms with E-state index in [1.807, 2.05) is 0 Å². The van der Waals surface area contributed by atoms with Gasteiger partial charge < -0.3 is 9.73 Å². The Balaban J connectivity index is 1.92. The Morgan fingerprint density at radius 2 is 2.47 bits per heavy atom. The van der Waals surface area contributed by atoms with Gasteiger partial charge in [-0.3, -0.25) is 4.90 Å². The molecule has 3 heterocycles. The van der Waals surface area contributed by atoms with Crippen molar-refractivity contribution in [2.45, 2.75) is 18.9 Å². The summed E-state index contributed by atoms with van der Waals surface area (Å²) in [7, 11) is 2.17. The lowest BCUT2D eigenvalue weighted by Gasteiger charge is -2.16. The molecular formula is C12H16N2O. The molecular weight excluding hydrogens is 188 g/mol. The summed E-state index contributed by atoms with van der Waals surface area (Å²) in [6, 6.07) is 2.64. The van der Waals surface area contributed by atoms with E-state index in [1.54, 1.807) is 0 Å². The van der Waals surface area contributed by atoms with Crippen molar-refractivity contribution < 1.29 is 4.42 Å². The van der Waals surface area contributed by atoms with Crippen molar-refractivity contribution in [1.29, 1.82) is 0 Å². The molecule has 0 bridgehead atoms. The molecule has 3 rings (SSSR count). The fraction of sp³-hybridized carbons (Fsp3) is 0.500. The number of rotatable bonds is 1. The fourth-order valence-electron chi connectivity index (χ4n) is 2.46. The van der Waals surface area contributed by atoms with Crippen LogP contribution in [0.5, 0.6) is 0 Å². The predicted molar refractivity (Wildman–Crippen MR) is 60.8 cm³/mol. The van der Waals surface area contributed by atoms with Crippen molar-refractivity contribution in [3.8, 4) is 0 Å². The molecule has 0 amide bonds. The molecule has 1 fully saturated rings. The zero-order chi connectivity index (χ0) is 10.3. The second-order valence-electron chi connectivity index (χ2n) is 4.35. The molecule has 1 atom stereocenters. The lowest BCUT2D eigenvalue weighted by molar-refractivity contribution is 0.275. The molecule has 80 valence electrons. The number of nitrogens with zero attached hydrogens (tertiary/aromatic N) is 1. The largest absolute Gasteiger partial charge is 0.458 e. The van der Waals surface area contributed by atoms with E-state index in [1.165, 1.54) is 19.4 Å². The van der Waals surface area contributed by atoms with Gasteiger partial charge in [0.2, 0.25) is 0 Å². The van der Waals surface area contributed by atoms with Crippen molar-refractivity contribution in [3.63, 3.8) is 0 Å². The third-order valence-corrected chi connectivity index (χ3v) is 3.31. The van der Waals surface area contributed by atoms with Crippen LogP contribution in [0.15, 0.2) is 16.6 Å². The van der Waals surface area contributed by atoms with Crippen LogP contribution < -0.4 is 5.32 Å². The van der Waals surface area contributed by atoms with E-state index in [4.69, 9.17) is 4.42 Å². The Morgan fingerprint density at radius 1 is 1.53 bits per heavy atom. The number of likely N-dealkylation sites (tertiary alicyclic amines) is 1. The van der Waals surface area contributed by atoms with Gasteiger partial charge >= 0.3 is 0 Å². The Labute approximate surface area is 89.8 Å². The molecule has 1 saturated heterocycles. The third kappa shape index (κ3) is 1.47. The van der Waals surface area contributed by atoms with E-state index in [0.717, 1.165) is 23.8 Å². The molecule has 0 spiro atoms. The first-order valence-electron chi connectivity index (χ1n) is 5.59. The maximum atomic E-state index is 5.87. The van der Waals surface area contributed by atoms with Crippen molar-refractivity contribution in [2.75, 3.05) is 25.5 Å². The highest BCUT2D eigenvalue weighted by Crippen LogP contribution is 2.35. The number of anilines is 1. The monoisotopic (exact) mass is 204 g/mol. The van der Waals surface area contributed by atoms with Crippen LogP contribution in [0.2, 0.25) is 0 Å². The molecule has 0 unspecified atom stereocenters. The summed E-state index contributed by atoms with van der Waals surface area (Å²) >= 11 is 0. The van der Waals surface area contributed by atoms with Gasteiger partial charge in [0, 0.05) is 12.6 Å². The van der Waals surface area contributed by atoms with Gasteiger partial charge in [0.15, 0.2) is 0 Å². The minimum absolute atomic E-state index is 0.478. The van der Waals surface area contributed by atoms with Gasteiger partial charge in [0.1, 0.15) is 11.5 Å². The van der Waals surface area contributed by atoms with E-state index in [0.29, 0.717) is 6.04 Å². The van der Waals surface area contributed by atoms with Crippen molar-refractivity contribution in [2.24, 2.45) is 0 Å². The maximum absolute atomic E-state index is 5.87. The highest BCUT2D eigenvalue weighted by Gasteiger charge is 2.26. The molecule has 2 aliphatic rings. The van der Waals surface area contributed by atoms with Crippen LogP contribution in [0.3, 0.4) is 0 Å². The molecule has 3 nitrogen and oxygen atoms in total. The Morgan fingerprint density at radius 3 is 3.20 bits per heavy atom. The molecule has 1 aromatic rings. The van der Waals surface area contributed by atoms with Crippen LogP contribution in [0.4, 0.5) is 5.69 Å². The van der Waals surface area contributed by atoms with Gasteiger partial charge in [-0.25, -0.2) is 0 Å². The summed E-state index contributed by atoms with van der Waals surface area (Å²) in [6.07, 6.45) is 6.64. The van der Waals surface area contributed by atoms with E-state index in [2.05, 4.69) is 35.5 Å². The first kappa shape index (κ1) is 9.04. The predicted octanol–water partition coefficient (Wildman–Crippen LogP) is 2.49. The maximum Gasteiger partial charge on any atom is 0.149 e.